The van der Waals surface area contributed by atoms with E-state index in [1.165, 1.54) is 0 Å². The van der Waals surface area contributed by atoms with Crippen LogP contribution in [0.5, 0.6) is 0 Å². The summed E-state index contributed by atoms with van der Waals surface area (Å²) in [4.78, 5) is 35.3. The van der Waals surface area contributed by atoms with E-state index >= 15 is 0 Å². The smallest absolute Gasteiger partial charge is 0.310 e. The number of anilines is 2. The molecule has 3 N–H and O–H groups in total. The molecule has 0 saturated heterocycles. The number of nitrogens with one attached hydrogen (secondary N) is 2. The second-order valence-electron chi connectivity index (χ2n) is 7.02. The van der Waals surface area contributed by atoms with Gasteiger partial charge in [-0.25, -0.2) is 0 Å². The van der Waals surface area contributed by atoms with Crippen molar-refractivity contribution in [2.24, 2.45) is 11.8 Å². The zero-order chi connectivity index (χ0) is 19.6. The van der Waals surface area contributed by atoms with Crippen LogP contribution in [-0.2, 0) is 9.59 Å². The van der Waals surface area contributed by atoms with Gasteiger partial charge in [-0.3, -0.25) is 14.4 Å². The summed E-state index contributed by atoms with van der Waals surface area (Å²) < 4.78 is 0. The topological polar surface area (TPSA) is 95.5 Å². The molecule has 2 aromatic rings. The lowest BCUT2D eigenvalue weighted by atomic mass is 10.0. The molecular formula is C21H22N2O4. The van der Waals surface area contributed by atoms with Crippen LogP contribution in [0.2, 0.25) is 0 Å². The molecule has 140 valence electrons. The van der Waals surface area contributed by atoms with Crippen molar-refractivity contribution < 1.29 is 19.5 Å². The van der Waals surface area contributed by atoms with Crippen molar-refractivity contribution in [1.82, 2.24) is 0 Å². The molecule has 1 aliphatic carbocycles. The Hall–Kier alpha value is -3.15. The minimum atomic E-state index is -0.893. The number of rotatable bonds is 6. The summed E-state index contributed by atoms with van der Waals surface area (Å²) in [6.07, 6.45) is 0.927. The van der Waals surface area contributed by atoms with Crippen molar-refractivity contribution in [1.29, 1.82) is 0 Å². The van der Waals surface area contributed by atoms with Gasteiger partial charge in [0.15, 0.2) is 0 Å². The lowest BCUT2D eigenvalue weighted by Crippen LogP contribution is -2.15. The van der Waals surface area contributed by atoms with Crippen LogP contribution in [0.1, 0.15) is 42.1 Å². The van der Waals surface area contributed by atoms with Crippen LogP contribution in [0.25, 0.3) is 0 Å². The fourth-order valence-electron chi connectivity index (χ4n) is 2.83. The van der Waals surface area contributed by atoms with Crippen molar-refractivity contribution in [2.45, 2.75) is 26.2 Å². The van der Waals surface area contributed by atoms with Gasteiger partial charge in [0.1, 0.15) is 0 Å². The molecule has 0 aromatic heterocycles. The number of carboxylic acid groups (broad SMARTS) is 1. The van der Waals surface area contributed by atoms with Crippen LogP contribution in [-0.4, -0.2) is 22.9 Å². The molecule has 6 nitrogen and oxygen atoms in total. The molecule has 1 aliphatic rings. The van der Waals surface area contributed by atoms with E-state index in [2.05, 4.69) is 10.6 Å². The quantitative estimate of drug-likeness (QED) is 0.726. The molecule has 2 aromatic carbocycles. The molecule has 3 atom stereocenters. The first-order valence-electron chi connectivity index (χ1n) is 8.90. The minimum Gasteiger partial charge on any atom is -0.481 e. The maximum absolute atomic E-state index is 12.3. The molecule has 0 spiro atoms. The van der Waals surface area contributed by atoms with Crippen LogP contribution in [0.3, 0.4) is 0 Å². The maximum Gasteiger partial charge on any atom is 0.310 e. The molecule has 3 unspecified atom stereocenters. The summed E-state index contributed by atoms with van der Waals surface area (Å²) >= 11 is 0. The van der Waals surface area contributed by atoms with Gasteiger partial charge in [0.25, 0.3) is 5.91 Å². The summed E-state index contributed by atoms with van der Waals surface area (Å²) in [5, 5.41) is 14.7. The second kappa shape index (κ2) is 7.61. The number of amides is 2. The molecule has 3 rings (SSSR count). The van der Waals surface area contributed by atoms with Gasteiger partial charge in [-0.1, -0.05) is 19.1 Å². The van der Waals surface area contributed by atoms with Crippen LogP contribution in [0.4, 0.5) is 11.4 Å². The van der Waals surface area contributed by atoms with Gasteiger partial charge in [-0.2, -0.15) is 0 Å². The van der Waals surface area contributed by atoms with E-state index in [4.69, 9.17) is 5.11 Å². The van der Waals surface area contributed by atoms with Crippen LogP contribution < -0.4 is 10.6 Å². The van der Waals surface area contributed by atoms with E-state index in [1.54, 1.807) is 55.5 Å². The highest BCUT2D eigenvalue weighted by Crippen LogP contribution is 2.38. The van der Waals surface area contributed by atoms with Gasteiger partial charge >= 0.3 is 5.97 Å². The Balaban J connectivity index is 1.59. The molecule has 0 bridgehead atoms. The number of carbonyl (C=O) groups is 3. The zero-order valence-corrected chi connectivity index (χ0v) is 15.2. The Morgan fingerprint density at radius 1 is 0.963 bits per heavy atom. The fourth-order valence-corrected chi connectivity index (χ4v) is 2.83. The van der Waals surface area contributed by atoms with Crippen molar-refractivity contribution in [3.05, 3.63) is 59.7 Å². The van der Waals surface area contributed by atoms with Gasteiger partial charge in [0.05, 0.1) is 5.92 Å². The monoisotopic (exact) mass is 366 g/mol. The number of benzene rings is 2. The number of carboxylic acids is 1. The Labute approximate surface area is 157 Å². The van der Waals surface area contributed by atoms with Crippen LogP contribution in [0, 0.1) is 11.8 Å². The van der Waals surface area contributed by atoms with Gasteiger partial charge < -0.3 is 15.7 Å². The van der Waals surface area contributed by atoms with E-state index in [0.717, 1.165) is 6.42 Å². The van der Waals surface area contributed by atoms with Gasteiger partial charge in [0.2, 0.25) is 5.91 Å². The first-order valence-corrected chi connectivity index (χ1v) is 8.90. The predicted molar refractivity (Wildman–Crippen MR) is 103 cm³/mol. The average Bonchev–Trinajstić information content (AvgIpc) is 3.39. The van der Waals surface area contributed by atoms with E-state index < -0.39 is 11.9 Å². The van der Waals surface area contributed by atoms with Crippen LogP contribution in [0.15, 0.2) is 48.5 Å². The largest absolute Gasteiger partial charge is 0.481 e. The number of carbonyl (C=O) groups excluding carboxylic acids is 2. The summed E-state index contributed by atoms with van der Waals surface area (Å²) in [5.41, 5.74) is 2.39. The van der Waals surface area contributed by atoms with Crippen molar-refractivity contribution in [3.8, 4) is 0 Å². The normalized spacial score (nSPS) is 19.0. The van der Waals surface area contributed by atoms with E-state index in [9.17, 15) is 14.4 Å². The lowest BCUT2D eigenvalue weighted by molar-refractivity contribution is -0.138. The molecule has 1 fully saturated rings. The van der Waals surface area contributed by atoms with Crippen LogP contribution >= 0.6 is 0 Å². The second-order valence-corrected chi connectivity index (χ2v) is 7.02. The molecule has 27 heavy (non-hydrogen) atoms. The Morgan fingerprint density at radius 3 is 2.00 bits per heavy atom. The predicted octanol–water partition coefficient (Wildman–Crippen LogP) is 3.72. The maximum atomic E-state index is 12.3. The Bertz CT molecular complexity index is 859. The highest BCUT2D eigenvalue weighted by Gasteiger charge is 2.39. The summed E-state index contributed by atoms with van der Waals surface area (Å²) in [7, 11) is 0. The van der Waals surface area contributed by atoms with Crippen molar-refractivity contribution >= 4 is 29.2 Å². The number of hydrogen-bond acceptors (Lipinski definition) is 3. The SMILES string of the molecule is CC(C(=O)O)c1ccc(NC(=O)c2ccc(NC(=O)C3CC3C)cc2)cc1. The molecule has 1 saturated carbocycles. The standard InChI is InChI=1S/C21H22N2O4/c1-12-11-18(12)20(25)23-17-9-5-15(6-10-17)19(24)22-16-7-3-14(4-8-16)13(2)21(26)27/h3-10,12-13,18H,11H2,1-2H3,(H,22,24)(H,23,25)(H,26,27). The average molecular weight is 366 g/mol. The van der Waals surface area contributed by atoms with E-state index in [1.807, 2.05) is 6.92 Å². The summed E-state index contributed by atoms with van der Waals surface area (Å²) in [6, 6.07) is 13.5. The number of hydrogen-bond donors (Lipinski definition) is 3. The summed E-state index contributed by atoms with van der Waals surface area (Å²) in [5.74, 6) is -1.20. The minimum absolute atomic E-state index is 0.0235. The van der Waals surface area contributed by atoms with E-state index in [0.29, 0.717) is 28.4 Å². The Kier molecular flexibility index (Phi) is 5.26. The third-order valence-electron chi connectivity index (χ3n) is 4.90. The third kappa shape index (κ3) is 4.53. The molecule has 2 amide bonds. The first kappa shape index (κ1) is 18.6. The van der Waals surface area contributed by atoms with E-state index in [-0.39, 0.29) is 17.7 Å². The summed E-state index contributed by atoms with van der Waals surface area (Å²) in [6.45, 7) is 3.66. The highest BCUT2D eigenvalue weighted by molar-refractivity contribution is 6.04. The molecule has 6 heteroatoms. The lowest BCUT2D eigenvalue weighted by Gasteiger charge is -2.10. The highest BCUT2D eigenvalue weighted by atomic mass is 16.4. The van der Waals surface area contributed by atoms with Crippen molar-refractivity contribution in [3.63, 3.8) is 0 Å². The van der Waals surface area contributed by atoms with Gasteiger partial charge in [0, 0.05) is 22.9 Å². The number of aliphatic carboxylic acids is 1. The fraction of sp³-hybridized carbons (Fsp3) is 0.286. The Morgan fingerprint density at radius 2 is 1.48 bits per heavy atom. The van der Waals surface area contributed by atoms with Crippen molar-refractivity contribution in [2.75, 3.05) is 10.6 Å². The molecular weight excluding hydrogens is 344 g/mol. The van der Waals surface area contributed by atoms with Gasteiger partial charge in [-0.05, 0) is 61.2 Å². The molecule has 0 radical (unpaired) electrons. The third-order valence-corrected chi connectivity index (χ3v) is 4.90. The first-order chi connectivity index (χ1) is 12.8. The van der Waals surface area contributed by atoms with Gasteiger partial charge in [-0.15, -0.1) is 0 Å². The molecule has 0 aliphatic heterocycles. The molecule has 0 heterocycles. The zero-order valence-electron chi connectivity index (χ0n) is 15.2.